The van der Waals surface area contributed by atoms with Crippen LogP contribution in [-0.4, -0.2) is 129 Å². The lowest BCUT2D eigenvalue weighted by Crippen LogP contribution is -2.46. The Morgan fingerprint density at radius 3 is 2.33 bits per heavy atom. The van der Waals surface area contributed by atoms with Crippen LogP contribution in [0.2, 0.25) is 0 Å². The van der Waals surface area contributed by atoms with Crippen LogP contribution in [0.25, 0.3) is 21.9 Å². The van der Waals surface area contributed by atoms with Crippen molar-refractivity contribution in [2.45, 2.75) is 50.9 Å². The van der Waals surface area contributed by atoms with E-state index in [0.29, 0.717) is 17.9 Å². The number of carboxylic acid groups (broad SMARTS) is 1. The first-order chi connectivity index (χ1) is 28.4. The third-order valence-electron chi connectivity index (χ3n) is 8.53. The molecule has 3 heterocycles. The number of nitrogens with one attached hydrogen (secondary N) is 2. The van der Waals surface area contributed by atoms with E-state index in [4.69, 9.17) is 24.6 Å². The Bertz CT molecular complexity index is 2330. The van der Waals surface area contributed by atoms with Gasteiger partial charge in [-0.25, -0.2) is 33.4 Å². The molecule has 1 fully saturated rings. The van der Waals surface area contributed by atoms with Crippen molar-refractivity contribution in [2.24, 2.45) is 5.41 Å². The van der Waals surface area contributed by atoms with E-state index in [1.165, 1.54) is 13.8 Å². The fraction of sp³-hybridized carbons (Fsp3) is 0.438. The van der Waals surface area contributed by atoms with Crippen LogP contribution < -0.4 is 16.4 Å². The monoisotopic (exact) mass is 939 g/mol. The average molecular weight is 940 g/mol. The van der Waals surface area contributed by atoms with Crippen molar-refractivity contribution >= 4 is 81.6 Å². The Labute approximate surface area is 351 Å². The van der Waals surface area contributed by atoms with E-state index < -0.39 is 84.6 Å². The fourth-order valence-electron chi connectivity index (χ4n) is 5.55. The zero-order chi connectivity index (χ0) is 45.3. The highest BCUT2D eigenvalue weighted by atomic mass is 32.1. The summed E-state index contributed by atoms with van der Waals surface area (Å²) in [5, 5.41) is 36.7. The first-order valence-electron chi connectivity index (χ1n) is 17.7. The average Bonchev–Trinajstić information content (AvgIpc) is 3.75. The largest absolute Gasteiger partial charge is 0.481 e. The number of benzene rings is 2. The van der Waals surface area contributed by atoms with Crippen LogP contribution in [0.15, 0.2) is 55.1 Å². The van der Waals surface area contributed by atoms with E-state index in [1.54, 1.807) is 12.1 Å². The number of carbonyl (C=O) groups is 3. The van der Waals surface area contributed by atoms with Crippen LogP contribution in [0.4, 0.5) is 5.82 Å². The number of thiol groups is 1. The summed E-state index contributed by atoms with van der Waals surface area (Å²) in [4.78, 5) is 85.4. The van der Waals surface area contributed by atoms with Crippen LogP contribution in [0.5, 0.6) is 0 Å². The van der Waals surface area contributed by atoms with Crippen LogP contribution in [-0.2, 0) is 45.9 Å². The lowest BCUT2D eigenvalue weighted by atomic mass is 9.87. The van der Waals surface area contributed by atoms with Crippen LogP contribution in [0.3, 0.4) is 0 Å². The molecule has 1 saturated heterocycles. The van der Waals surface area contributed by atoms with Crippen LogP contribution in [0.1, 0.15) is 36.9 Å². The van der Waals surface area contributed by atoms with Crippen molar-refractivity contribution in [1.29, 1.82) is 0 Å². The summed E-state index contributed by atoms with van der Waals surface area (Å²) in [5.41, 5.74) is 4.66. The summed E-state index contributed by atoms with van der Waals surface area (Å²) in [6.07, 6.45) is -6.74. The Hall–Kier alpha value is -3.94. The lowest BCUT2D eigenvalue weighted by molar-refractivity contribution is -0.137. The highest BCUT2D eigenvalue weighted by Crippen LogP contribution is 2.61. The number of phosphoric acid groups is 3. The van der Waals surface area contributed by atoms with E-state index in [9.17, 15) is 57.9 Å². The van der Waals surface area contributed by atoms with E-state index in [0.717, 1.165) is 28.0 Å². The number of amides is 2. The molecule has 1 aliphatic rings. The van der Waals surface area contributed by atoms with Crippen LogP contribution in [0, 0.1) is 5.41 Å². The van der Waals surface area contributed by atoms with Gasteiger partial charge in [-0.3, -0.25) is 27.7 Å². The molecule has 2 amide bonds. The van der Waals surface area contributed by atoms with Gasteiger partial charge in [0, 0.05) is 30.7 Å². The predicted molar refractivity (Wildman–Crippen MR) is 214 cm³/mol. The summed E-state index contributed by atoms with van der Waals surface area (Å²) in [6, 6.07) is 12.7. The summed E-state index contributed by atoms with van der Waals surface area (Å²) >= 11 is 3.95. The smallest absolute Gasteiger partial charge is 0.478 e. The van der Waals surface area contributed by atoms with Crippen molar-refractivity contribution in [1.82, 2.24) is 30.2 Å². The number of hydrogen-bond acceptors (Lipinski definition) is 18. The molecule has 5 rings (SSSR count). The maximum absolute atomic E-state index is 12.6. The Balaban J connectivity index is 0.000000530. The Kier molecular flexibility index (Phi) is 17.1. The number of imidazole rings is 1. The summed E-state index contributed by atoms with van der Waals surface area (Å²) in [6.45, 7) is 0.723. The van der Waals surface area contributed by atoms with E-state index in [2.05, 4.69) is 47.0 Å². The Morgan fingerprint density at radius 2 is 1.66 bits per heavy atom. The predicted octanol–water partition coefficient (Wildman–Crippen LogP) is 0.873. The van der Waals surface area contributed by atoms with Gasteiger partial charge in [0.25, 0.3) is 0 Å². The molecule has 25 nitrogen and oxygen atoms in total. The van der Waals surface area contributed by atoms with Crippen molar-refractivity contribution in [2.75, 3.05) is 37.8 Å². The van der Waals surface area contributed by atoms with Gasteiger partial charge in [0.15, 0.2) is 17.7 Å². The van der Waals surface area contributed by atoms with E-state index in [-0.39, 0.29) is 35.9 Å². The number of nitrogens with zero attached hydrogens (tertiary/aromatic N) is 4. The topological polar surface area (TPSA) is 384 Å². The number of rotatable bonds is 19. The van der Waals surface area contributed by atoms with Gasteiger partial charge in [0.1, 0.15) is 36.3 Å². The van der Waals surface area contributed by atoms with Crippen LogP contribution >= 0.6 is 36.1 Å². The molecule has 0 radical (unpaired) electrons. The molecule has 29 heteroatoms. The van der Waals surface area contributed by atoms with E-state index in [1.807, 2.05) is 30.3 Å². The number of aliphatic hydroxyl groups excluding tert-OH is 2. The molecule has 7 atom stereocenters. The van der Waals surface area contributed by atoms with Gasteiger partial charge in [-0.2, -0.15) is 16.9 Å². The number of carbonyl (C=O) groups excluding carboxylic acids is 2. The number of carboxylic acids is 1. The van der Waals surface area contributed by atoms with Gasteiger partial charge in [0.05, 0.1) is 25.1 Å². The minimum absolute atomic E-state index is 0.0363. The number of hydrogen-bond donors (Lipinski definition) is 11. The zero-order valence-electron chi connectivity index (χ0n) is 32.1. The molecule has 2 aromatic heterocycles. The molecular formula is C32H44N7O18P3S. The molecule has 0 bridgehead atoms. The molecule has 2 aromatic carbocycles. The molecule has 336 valence electrons. The minimum Gasteiger partial charge on any atom is -0.478 e. The number of aliphatic hydroxyl groups is 2. The number of nitrogen functional groups attached to an aromatic ring is 1. The van der Waals surface area contributed by atoms with Gasteiger partial charge in [-0.05, 0) is 16.8 Å². The number of fused-ring (bicyclic) bond motifs is 2. The van der Waals surface area contributed by atoms with E-state index >= 15 is 0 Å². The molecule has 2 unspecified atom stereocenters. The maximum atomic E-state index is 12.6. The number of ether oxygens (including phenoxy) is 1. The molecule has 4 aromatic rings. The highest BCUT2D eigenvalue weighted by Gasteiger charge is 2.50. The third kappa shape index (κ3) is 14.0. The van der Waals surface area contributed by atoms with Gasteiger partial charge in [-0.15, -0.1) is 0 Å². The SMILES string of the molecule is CC(C)(COP(=O)(O)OP(=O)(O)OC[C@H]1O[C@@H](n2cnc3c(N)ncnc32)[C@H](O)[C@@H]1OP(=O)(O)O)[C@@H](O)C(=O)NCCC(=O)NCCS.O=C(O)c1cccc2ccccc12. The van der Waals surface area contributed by atoms with Gasteiger partial charge < -0.3 is 56.0 Å². The summed E-state index contributed by atoms with van der Waals surface area (Å²) in [5.74, 6) is -1.82. The highest BCUT2D eigenvalue weighted by molar-refractivity contribution is 7.80. The Morgan fingerprint density at radius 1 is 0.984 bits per heavy atom. The first-order valence-corrected chi connectivity index (χ1v) is 22.8. The molecule has 0 saturated carbocycles. The number of nitrogens with two attached hydrogens (primary N) is 1. The third-order valence-corrected chi connectivity index (χ3v) is 11.9. The minimum atomic E-state index is -5.54. The number of aromatic carboxylic acids is 1. The lowest BCUT2D eigenvalue weighted by Gasteiger charge is -2.30. The standard InChI is InChI=1S/C21H36N7O16P3S.C11H8O2/c1-21(2,16(31)19(32)24-4-3-12(29)23-5-6-48)8-41-47(38,39)44-46(36,37)40-7-11-15(43-45(33,34)35)14(30)20(42-11)28-10-27-13-17(22)25-9-26-18(13)28;12-11(13)10-7-3-5-8-4-1-2-6-9(8)10/h9-11,14-16,20,30-31,48H,3-8H2,1-2H3,(H,23,29)(H,24,32)(H,36,37)(H,38,39)(H2,22,25,26)(H2,33,34,35);1-7H,(H,12,13)/t11-,14-,15-,16+,20-;/m1./s1. The molecule has 61 heavy (non-hydrogen) atoms. The second-order valence-corrected chi connectivity index (χ2v) is 18.3. The molecule has 11 N–H and O–H groups in total. The molecule has 0 spiro atoms. The number of anilines is 1. The first kappa shape index (κ1) is 49.7. The second-order valence-electron chi connectivity index (χ2n) is 13.6. The zero-order valence-corrected chi connectivity index (χ0v) is 35.7. The summed E-state index contributed by atoms with van der Waals surface area (Å²) < 4.78 is 61.7. The quantitative estimate of drug-likeness (QED) is 0.0459. The number of aromatic nitrogens is 4. The maximum Gasteiger partial charge on any atom is 0.481 e. The fourth-order valence-corrected chi connectivity index (χ4v) is 8.49. The van der Waals surface area contributed by atoms with Crippen molar-refractivity contribution in [3.8, 4) is 0 Å². The van der Waals surface area contributed by atoms with Crippen molar-refractivity contribution in [3.05, 3.63) is 60.7 Å². The van der Waals surface area contributed by atoms with Gasteiger partial charge >= 0.3 is 29.4 Å². The normalized spacial score (nSPS) is 20.5. The van der Waals surface area contributed by atoms with Crippen molar-refractivity contribution in [3.63, 3.8) is 0 Å². The molecule has 0 aliphatic carbocycles. The molecular weight excluding hydrogens is 895 g/mol. The van der Waals surface area contributed by atoms with Crippen molar-refractivity contribution < 1.29 is 85.6 Å². The van der Waals surface area contributed by atoms with Gasteiger partial charge in [0.2, 0.25) is 11.8 Å². The summed E-state index contributed by atoms with van der Waals surface area (Å²) in [7, 11) is -16.3. The second kappa shape index (κ2) is 21.0. The van der Waals surface area contributed by atoms with Gasteiger partial charge in [-0.1, -0.05) is 50.2 Å². The molecule has 1 aliphatic heterocycles. The number of phosphoric ester groups is 3.